The zero-order chi connectivity index (χ0) is 10.5. The zero-order valence-corrected chi connectivity index (χ0v) is 9.63. The largest absolute Gasteiger partial charge is 0.390 e. The second-order valence-corrected chi connectivity index (χ2v) is 4.83. The molecule has 2 unspecified atom stereocenters. The minimum absolute atomic E-state index is 0.0349. The molecular formula is C11H24O2. The quantitative estimate of drug-likeness (QED) is 0.718. The standard InChI is InChI=1S/C11H24O2/c1-6-13-9(2)10(12)7-8-11(3,4)5/h9-10,12H,6-8H2,1-5H3. The molecule has 0 aromatic carbocycles. The maximum Gasteiger partial charge on any atom is 0.0805 e. The molecule has 0 saturated heterocycles. The molecular weight excluding hydrogens is 164 g/mol. The van der Waals surface area contributed by atoms with E-state index in [4.69, 9.17) is 4.74 Å². The number of hydrogen-bond acceptors (Lipinski definition) is 2. The third-order valence-corrected chi connectivity index (χ3v) is 2.16. The molecule has 0 heterocycles. The molecule has 0 saturated carbocycles. The van der Waals surface area contributed by atoms with Crippen LogP contribution in [0.3, 0.4) is 0 Å². The minimum atomic E-state index is -0.320. The highest BCUT2D eigenvalue weighted by Gasteiger charge is 2.18. The Bertz CT molecular complexity index is 127. The second-order valence-electron chi connectivity index (χ2n) is 4.83. The van der Waals surface area contributed by atoms with Crippen LogP contribution in [0, 0.1) is 5.41 Å². The molecule has 0 aliphatic rings. The van der Waals surface area contributed by atoms with Crippen molar-refractivity contribution >= 4 is 0 Å². The lowest BCUT2D eigenvalue weighted by Crippen LogP contribution is -2.27. The van der Waals surface area contributed by atoms with Crippen LogP contribution in [0.25, 0.3) is 0 Å². The Balaban J connectivity index is 3.67. The van der Waals surface area contributed by atoms with Gasteiger partial charge < -0.3 is 9.84 Å². The first kappa shape index (κ1) is 12.9. The molecule has 2 nitrogen and oxygen atoms in total. The van der Waals surface area contributed by atoms with Gasteiger partial charge in [0.25, 0.3) is 0 Å². The van der Waals surface area contributed by atoms with Crippen molar-refractivity contribution in [1.29, 1.82) is 0 Å². The van der Waals surface area contributed by atoms with Crippen molar-refractivity contribution in [3.05, 3.63) is 0 Å². The lowest BCUT2D eigenvalue weighted by Gasteiger charge is -2.23. The van der Waals surface area contributed by atoms with Crippen molar-refractivity contribution in [3.8, 4) is 0 Å². The fraction of sp³-hybridized carbons (Fsp3) is 1.00. The molecule has 0 aliphatic carbocycles. The normalized spacial score (nSPS) is 17.1. The highest BCUT2D eigenvalue weighted by Crippen LogP contribution is 2.22. The van der Waals surface area contributed by atoms with E-state index in [9.17, 15) is 5.11 Å². The van der Waals surface area contributed by atoms with Gasteiger partial charge in [0.15, 0.2) is 0 Å². The lowest BCUT2D eigenvalue weighted by atomic mass is 9.88. The Morgan fingerprint density at radius 3 is 2.23 bits per heavy atom. The molecule has 0 radical (unpaired) electrons. The average Bonchev–Trinajstić information content (AvgIpc) is 1.99. The van der Waals surface area contributed by atoms with Crippen LogP contribution in [0.2, 0.25) is 0 Å². The smallest absolute Gasteiger partial charge is 0.0805 e. The Kier molecular flexibility index (Phi) is 5.57. The van der Waals surface area contributed by atoms with E-state index in [1.807, 2.05) is 13.8 Å². The summed E-state index contributed by atoms with van der Waals surface area (Å²) in [5, 5.41) is 9.69. The molecule has 0 aromatic rings. The maximum absolute atomic E-state index is 9.69. The number of aliphatic hydroxyl groups excluding tert-OH is 1. The summed E-state index contributed by atoms with van der Waals surface area (Å²) in [6.45, 7) is 11.1. The van der Waals surface area contributed by atoms with Crippen LogP contribution in [0.4, 0.5) is 0 Å². The topological polar surface area (TPSA) is 29.5 Å². The van der Waals surface area contributed by atoms with Gasteiger partial charge in [-0.2, -0.15) is 0 Å². The first-order valence-electron chi connectivity index (χ1n) is 5.16. The van der Waals surface area contributed by atoms with Gasteiger partial charge in [-0.1, -0.05) is 20.8 Å². The number of ether oxygens (including phenoxy) is 1. The first-order chi connectivity index (χ1) is 5.87. The van der Waals surface area contributed by atoms with Crippen molar-refractivity contribution in [2.45, 2.75) is 59.7 Å². The van der Waals surface area contributed by atoms with E-state index < -0.39 is 0 Å². The van der Waals surface area contributed by atoms with Gasteiger partial charge in [0.1, 0.15) is 0 Å². The Hall–Kier alpha value is -0.0800. The number of hydrogen-bond donors (Lipinski definition) is 1. The van der Waals surface area contributed by atoms with Crippen molar-refractivity contribution in [3.63, 3.8) is 0 Å². The molecule has 0 fully saturated rings. The van der Waals surface area contributed by atoms with Gasteiger partial charge in [-0.3, -0.25) is 0 Å². The van der Waals surface area contributed by atoms with E-state index >= 15 is 0 Å². The molecule has 2 heteroatoms. The van der Waals surface area contributed by atoms with Crippen LogP contribution in [-0.2, 0) is 4.74 Å². The zero-order valence-electron chi connectivity index (χ0n) is 9.63. The molecule has 1 N–H and O–H groups in total. The molecule has 0 rings (SSSR count). The second kappa shape index (κ2) is 5.61. The van der Waals surface area contributed by atoms with Crippen LogP contribution in [0.1, 0.15) is 47.5 Å². The van der Waals surface area contributed by atoms with Gasteiger partial charge in [0.2, 0.25) is 0 Å². The molecule has 0 aliphatic heterocycles. The summed E-state index contributed by atoms with van der Waals surface area (Å²) in [5.41, 5.74) is 0.299. The van der Waals surface area contributed by atoms with Crippen LogP contribution >= 0.6 is 0 Å². The summed E-state index contributed by atoms with van der Waals surface area (Å²) >= 11 is 0. The predicted molar refractivity (Wildman–Crippen MR) is 55.8 cm³/mol. The van der Waals surface area contributed by atoms with Crippen molar-refractivity contribution in [1.82, 2.24) is 0 Å². The van der Waals surface area contributed by atoms with Crippen LogP contribution in [0.5, 0.6) is 0 Å². The highest BCUT2D eigenvalue weighted by molar-refractivity contribution is 4.69. The van der Waals surface area contributed by atoms with E-state index in [0.29, 0.717) is 12.0 Å². The Morgan fingerprint density at radius 1 is 1.31 bits per heavy atom. The van der Waals surface area contributed by atoms with Gasteiger partial charge in [0.05, 0.1) is 12.2 Å². The SMILES string of the molecule is CCOC(C)C(O)CCC(C)(C)C. The highest BCUT2D eigenvalue weighted by atomic mass is 16.5. The van der Waals surface area contributed by atoms with Gasteiger partial charge in [0, 0.05) is 6.61 Å². The van der Waals surface area contributed by atoms with Gasteiger partial charge >= 0.3 is 0 Å². The molecule has 80 valence electrons. The predicted octanol–water partition coefficient (Wildman–Crippen LogP) is 2.60. The van der Waals surface area contributed by atoms with Crippen LogP contribution < -0.4 is 0 Å². The van der Waals surface area contributed by atoms with Crippen LogP contribution in [0.15, 0.2) is 0 Å². The summed E-state index contributed by atoms with van der Waals surface area (Å²) in [6, 6.07) is 0. The summed E-state index contributed by atoms with van der Waals surface area (Å²) in [5.74, 6) is 0. The molecule has 0 spiro atoms. The van der Waals surface area contributed by atoms with Gasteiger partial charge in [-0.25, -0.2) is 0 Å². The van der Waals surface area contributed by atoms with E-state index in [1.165, 1.54) is 0 Å². The summed E-state index contributed by atoms with van der Waals surface area (Å²) in [7, 11) is 0. The molecule has 2 atom stereocenters. The van der Waals surface area contributed by atoms with Crippen molar-refractivity contribution in [2.24, 2.45) is 5.41 Å². The summed E-state index contributed by atoms with van der Waals surface area (Å²) < 4.78 is 5.32. The monoisotopic (exact) mass is 188 g/mol. The van der Waals surface area contributed by atoms with E-state index in [2.05, 4.69) is 20.8 Å². The van der Waals surface area contributed by atoms with Crippen LogP contribution in [-0.4, -0.2) is 23.9 Å². The molecule has 0 bridgehead atoms. The van der Waals surface area contributed by atoms with Crippen molar-refractivity contribution in [2.75, 3.05) is 6.61 Å². The fourth-order valence-corrected chi connectivity index (χ4v) is 1.19. The van der Waals surface area contributed by atoms with E-state index in [1.54, 1.807) is 0 Å². The van der Waals surface area contributed by atoms with E-state index in [0.717, 1.165) is 12.8 Å². The van der Waals surface area contributed by atoms with Gasteiger partial charge in [-0.15, -0.1) is 0 Å². The average molecular weight is 188 g/mol. The summed E-state index contributed by atoms with van der Waals surface area (Å²) in [6.07, 6.45) is 1.50. The molecule has 0 amide bonds. The van der Waals surface area contributed by atoms with Crippen molar-refractivity contribution < 1.29 is 9.84 Å². The minimum Gasteiger partial charge on any atom is -0.390 e. The van der Waals surface area contributed by atoms with Gasteiger partial charge in [-0.05, 0) is 32.1 Å². The fourth-order valence-electron chi connectivity index (χ4n) is 1.19. The molecule has 0 aromatic heterocycles. The number of rotatable bonds is 5. The summed E-state index contributed by atoms with van der Waals surface area (Å²) in [4.78, 5) is 0. The Morgan fingerprint density at radius 2 is 1.85 bits per heavy atom. The lowest BCUT2D eigenvalue weighted by molar-refractivity contribution is -0.0285. The number of aliphatic hydroxyl groups is 1. The first-order valence-corrected chi connectivity index (χ1v) is 5.16. The third-order valence-electron chi connectivity index (χ3n) is 2.16. The molecule has 13 heavy (non-hydrogen) atoms. The Labute approximate surface area is 82.3 Å². The maximum atomic E-state index is 9.69. The third kappa shape index (κ3) is 7.03. The van der Waals surface area contributed by atoms with E-state index in [-0.39, 0.29) is 12.2 Å².